The van der Waals surface area contributed by atoms with Crippen LogP contribution in [0.4, 0.5) is 0 Å². The highest BCUT2D eigenvalue weighted by atomic mass is 16.1. The quantitative estimate of drug-likeness (QED) is 0.388. The first kappa shape index (κ1) is 18.2. The number of aromatic amines is 3. The summed E-state index contributed by atoms with van der Waals surface area (Å²) >= 11 is 0. The van der Waals surface area contributed by atoms with Crippen molar-refractivity contribution in [2.24, 2.45) is 7.05 Å². The van der Waals surface area contributed by atoms with E-state index in [0.29, 0.717) is 5.82 Å². The highest BCUT2D eigenvalue weighted by Crippen LogP contribution is 2.39. The second-order valence-electron chi connectivity index (χ2n) is 8.58. The minimum atomic E-state index is -0.190. The lowest BCUT2D eigenvalue weighted by Crippen LogP contribution is -2.16. The molecule has 0 bridgehead atoms. The van der Waals surface area contributed by atoms with Gasteiger partial charge in [0.25, 0.3) is 0 Å². The molecular formula is C24H20N8O. The first-order valence-electron chi connectivity index (χ1n) is 10.9. The maximum atomic E-state index is 12.5. The zero-order valence-corrected chi connectivity index (χ0v) is 17.8. The number of aryl methyl sites for hydroxylation is 1. The van der Waals surface area contributed by atoms with E-state index < -0.39 is 0 Å². The van der Waals surface area contributed by atoms with Crippen molar-refractivity contribution in [3.8, 4) is 34.2 Å². The Kier molecular flexibility index (Phi) is 3.61. The van der Waals surface area contributed by atoms with Gasteiger partial charge in [0.15, 0.2) is 5.82 Å². The van der Waals surface area contributed by atoms with Crippen molar-refractivity contribution < 1.29 is 0 Å². The Labute approximate surface area is 187 Å². The highest BCUT2D eigenvalue weighted by Gasteiger charge is 2.31. The van der Waals surface area contributed by atoms with E-state index in [9.17, 15) is 4.79 Å². The Morgan fingerprint density at radius 3 is 2.76 bits per heavy atom. The molecule has 1 fully saturated rings. The second-order valence-corrected chi connectivity index (χ2v) is 8.58. The topological polar surface area (TPSA) is 113 Å². The summed E-state index contributed by atoms with van der Waals surface area (Å²) in [5, 5.41) is 13.6. The SMILES string of the molecule is Cn1ncc2ccc(-c3nc(-c4ccc5cc[nH]c5c4)[nH]c3-c3n[nH]c(=O)n3C3CC3)cc21. The lowest BCUT2D eigenvalue weighted by Gasteiger charge is -2.05. The van der Waals surface area contributed by atoms with Gasteiger partial charge in [0.05, 0.1) is 11.7 Å². The van der Waals surface area contributed by atoms with Crippen molar-refractivity contribution in [1.82, 2.24) is 39.5 Å². The molecule has 9 heteroatoms. The molecule has 2 aromatic carbocycles. The molecule has 1 aliphatic rings. The summed E-state index contributed by atoms with van der Waals surface area (Å²) in [6.07, 6.45) is 5.73. The first-order chi connectivity index (χ1) is 16.2. The molecule has 0 atom stereocenters. The van der Waals surface area contributed by atoms with Crippen LogP contribution in [-0.2, 0) is 7.05 Å². The number of rotatable bonds is 4. The average molecular weight is 436 g/mol. The molecule has 0 aliphatic heterocycles. The van der Waals surface area contributed by atoms with Crippen LogP contribution in [0.3, 0.4) is 0 Å². The number of nitrogens with zero attached hydrogens (tertiary/aromatic N) is 5. The van der Waals surface area contributed by atoms with Gasteiger partial charge in [0, 0.05) is 41.3 Å². The number of nitrogens with one attached hydrogen (secondary N) is 3. The van der Waals surface area contributed by atoms with Gasteiger partial charge in [0.2, 0.25) is 0 Å². The van der Waals surface area contributed by atoms with E-state index in [1.807, 2.05) is 48.4 Å². The molecule has 0 amide bonds. The molecule has 0 spiro atoms. The Morgan fingerprint density at radius 2 is 1.88 bits per heavy atom. The minimum absolute atomic E-state index is 0.181. The summed E-state index contributed by atoms with van der Waals surface area (Å²) in [4.78, 5) is 24.2. The standard InChI is InChI=1S/C24H20N8O/c1-31-19-11-14(3-5-16(19)12-26-31)20-21(23-29-30-24(33)32(23)17-6-7-17)28-22(27-20)15-4-2-13-8-9-25-18(13)10-15/h2-5,8-12,17,25H,6-7H2,1H3,(H,27,28)(H,30,33). The maximum Gasteiger partial charge on any atom is 0.343 e. The zero-order valence-electron chi connectivity index (χ0n) is 17.8. The lowest BCUT2D eigenvalue weighted by molar-refractivity contribution is 0.715. The van der Waals surface area contributed by atoms with Gasteiger partial charge in [-0.2, -0.15) is 10.2 Å². The molecule has 0 radical (unpaired) electrons. The van der Waals surface area contributed by atoms with Crippen LogP contribution in [0.25, 0.3) is 56.0 Å². The predicted octanol–water partition coefficient (Wildman–Crippen LogP) is 4.00. The maximum absolute atomic E-state index is 12.5. The Morgan fingerprint density at radius 1 is 1.03 bits per heavy atom. The zero-order chi connectivity index (χ0) is 22.1. The summed E-state index contributed by atoms with van der Waals surface area (Å²) in [6.45, 7) is 0. The van der Waals surface area contributed by atoms with Crippen LogP contribution in [0, 0.1) is 0 Å². The van der Waals surface area contributed by atoms with Crippen LogP contribution in [0.1, 0.15) is 18.9 Å². The number of imidazole rings is 1. The van der Waals surface area contributed by atoms with Crippen molar-refractivity contribution in [3.05, 3.63) is 65.3 Å². The van der Waals surface area contributed by atoms with Crippen molar-refractivity contribution in [2.45, 2.75) is 18.9 Å². The fourth-order valence-corrected chi connectivity index (χ4v) is 4.52. The first-order valence-corrected chi connectivity index (χ1v) is 10.9. The molecule has 4 heterocycles. The van der Waals surface area contributed by atoms with Gasteiger partial charge < -0.3 is 9.97 Å². The number of hydrogen-bond donors (Lipinski definition) is 3. The minimum Gasteiger partial charge on any atom is -0.361 e. The smallest absolute Gasteiger partial charge is 0.343 e. The van der Waals surface area contributed by atoms with Gasteiger partial charge in [-0.25, -0.2) is 14.9 Å². The van der Waals surface area contributed by atoms with Gasteiger partial charge in [0.1, 0.15) is 17.2 Å². The summed E-state index contributed by atoms with van der Waals surface area (Å²) in [6, 6.07) is 14.6. The third-order valence-electron chi connectivity index (χ3n) is 6.39. The number of aromatic nitrogens is 8. The van der Waals surface area contributed by atoms with E-state index in [1.54, 1.807) is 4.57 Å². The third kappa shape index (κ3) is 2.78. The van der Waals surface area contributed by atoms with Crippen molar-refractivity contribution >= 4 is 21.8 Å². The second kappa shape index (κ2) is 6.55. The van der Waals surface area contributed by atoms with Crippen LogP contribution >= 0.6 is 0 Å². The Balaban J connectivity index is 1.47. The Bertz CT molecular complexity index is 1720. The molecule has 0 unspecified atom stereocenters. The van der Waals surface area contributed by atoms with Gasteiger partial charge in [-0.05, 0) is 36.4 Å². The van der Waals surface area contributed by atoms with Crippen LogP contribution in [0.5, 0.6) is 0 Å². The largest absolute Gasteiger partial charge is 0.361 e. The number of fused-ring (bicyclic) bond motifs is 2. The van der Waals surface area contributed by atoms with E-state index >= 15 is 0 Å². The average Bonchev–Trinajstić information content (AvgIpc) is 3.19. The fraction of sp³-hybridized carbons (Fsp3) is 0.167. The monoisotopic (exact) mass is 436 g/mol. The summed E-state index contributed by atoms with van der Waals surface area (Å²) in [5.41, 5.74) is 5.22. The van der Waals surface area contributed by atoms with Crippen molar-refractivity contribution in [3.63, 3.8) is 0 Å². The summed E-state index contributed by atoms with van der Waals surface area (Å²) in [7, 11) is 1.92. The molecule has 33 heavy (non-hydrogen) atoms. The fourth-order valence-electron chi connectivity index (χ4n) is 4.52. The Hall–Kier alpha value is -4.40. The molecule has 3 N–H and O–H groups in total. The molecule has 9 nitrogen and oxygen atoms in total. The molecular weight excluding hydrogens is 416 g/mol. The molecule has 4 aromatic heterocycles. The van der Waals surface area contributed by atoms with E-state index in [1.165, 1.54) is 0 Å². The van der Waals surface area contributed by atoms with Crippen LogP contribution in [0.15, 0.2) is 59.7 Å². The van der Waals surface area contributed by atoms with Crippen molar-refractivity contribution in [2.75, 3.05) is 0 Å². The third-order valence-corrected chi connectivity index (χ3v) is 6.39. The summed E-state index contributed by atoms with van der Waals surface area (Å²) < 4.78 is 3.59. The number of benzene rings is 2. The van der Waals surface area contributed by atoms with Gasteiger partial charge in [-0.3, -0.25) is 9.25 Å². The summed E-state index contributed by atoms with van der Waals surface area (Å²) in [5.74, 6) is 1.31. The van der Waals surface area contributed by atoms with E-state index in [0.717, 1.165) is 63.0 Å². The molecule has 6 aromatic rings. The number of H-pyrrole nitrogens is 3. The number of hydrogen-bond acceptors (Lipinski definition) is 4. The molecule has 162 valence electrons. The van der Waals surface area contributed by atoms with E-state index in [2.05, 4.69) is 43.5 Å². The van der Waals surface area contributed by atoms with E-state index in [-0.39, 0.29) is 11.7 Å². The lowest BCUT2D eigenvalue weighted by atomic mass is 10.1. The molecule has 1 aliphatic carbocycles. The van der Waals surface area contributed by atoms with Gasteiger partial charge >= 0.3 is 5.69 Å². The molecule has 0 saturated heterocycles. The van der Waals surface area contributed by atoms with Crippen molar-refractivity contribution in [1.29, 1.82) is 0 Å². The van der Waals surface area contributed by atoms with E-state index in [4.69, 9.17) is 4.98 Å². The predicted molar refractivity (Wildman–Crippen MR) is 126 cm³/mol. The van der Waals surface area contributed by atoms with Crippen LogP contribution in [-0.4, -0.2) is 39.5 Å². The van der Waals surface area contributed by atoms with Crippen LogP contribution < -0.4 is 5.69 Å². The van der Waals surface area contributed by atoms with Gasteiger partial charge in [-0.15, -0.1) is 0 Å². The molecule has 1 saturated carbocycles. The molecule has 7 rings (SSSR count). The van der Waals surface area contributed by atoms with Gasteiger partial charge in [-0.1, -0.05) is 24.3 Å². The normalized spacial score (nSPS) is 14.0. The highest BCUT2D eigenvalue weighted by molar-refractivity contribution is 5.88. The van der Waals surface area contributed by atoms with Crippen LogP contribution in [0.2, 0.25) is 0 Å².